The van der Waals surface area contributed by atoms with Crippen LogP contribution >= 0.6 is 0 Å². The molecule has 154 valence electrons. The first-order valence-corrected chi connectivity index (χ1v) is 10.2. The van der Waals surface area contributed by atoms with Crippen LogP contribution in [0.3, 0.4) is 0 Å². The lowest BCUT2D eigenvalue weighted by Crippen LogP contribution is -2.31. The minimum Gasteiger partial charge on any atom is -0.457 e. The number of hydrogen-bond donors (Lipinski definition) is 1. The van der Waals surface area contributed by atoms with Crippen LogP contribution in [0.5, 0.6) is 11.5 Å². The summed E-state index contributed by atoms with van der Waals surface area (Å²) in [4.78, 5) is 32.2. The second-order valence-corrected chi connectivity index (χ2v) is 7.06. The van der Waals surface area contributed by atoms with Gasteiger partial charge < -0.3 is 9.30 Å². The molecule has 2 aromatic carbocycles. The molecule has 0 atom stereocenters. The van der Waals surface area contributed by atoms with Gasteiger partial charge in [0.15, 0.2) is 11.2 Å². The molecule has 0 aliphatic carbocycles. The van der Waals surface area contributed by atoms with Crippen molar-refractivity contribution < 1.29 is 4.74 Å². The van der Waals surface area contributed by atoms with E-state index in [1.54, 1.807) is 4.57 Å². The molecule has 7 nitrogen and oxygen atoms in total. The van der Waals surface area contributed by atoms with Crippen LogP contribution in [-0.4, -0.2) is 19.1 Å². The van der Waals surface area contributed by atoms with E-state index in [-0.39, 0.29) is 0 Å². The van der Waals surface area contributed by atoms with E-state index in [0.29, 0.717) is 35.8 Å². The van der Waals surface area contributed by atoms with E-state index < -0.39 is 11.2 Å². The third-order valence-electron chi connectivity index (χ3n) is 5.01. The van der Waals surface area contributed by atoms with Crippen LogP contribution in [0.1, 0.15) is 26.7 Å². The van der Waals surface area contributed by atoms with Crippen molar-refractivity contribution in [1.82, 2.24) is 19.1 Å². The largest absolute Gasteiger partial charge is 0.457 e. The number of unbranched alkanes of at least 4 members (excludes halogenated alkanes) is 1. The number of nitrogens with one attached hydrogen (secondary N) is 1. The van der Waals surface area contributed by atoms with E-state index in [0.717, 1.165) is 24.2 Å². The number of H-pyrrole nitrogens is 1. The highest BCUT2D eigenvalue weighted by atomic mass is 16.5. The molecule has 0 bridgehead atoms. The van der Waals surface area contributed by atoms with Crippen molar-refractivity contribution >= 4 is 11.2 Å². The Hall–Kier alpha value is -3.61. The molecule has 0 saturated heterocycles. The monoisotopic (exact) mass is 404 g/mol. The van der Waals surface area contributed by atoms with Crippen molar-refractivity contribution in [3.05, 3.63) is 75.4 Å². The zero-order valence-corrected chi connectivity index (χ0v) is 17.1. The lowest BCUT2D eigenvalue weighted by atomic mass is 10.2. The van der Waals surface area contributed by atoms with E-state index in [1.165, 1.54) is 0 Å². The lowest BCUT2D eigenvalue weighted by molar-refractivity contribution is 0.483. The summed E-state index contributed by atoms with van der Waals surface area (Å²) in [7, 11) is 0. The predicted molar refractivity (Wildman–Crippen MR) is 117 cm³/mol. The molecule has 0 saturated carbocycles. The van der Waals surface area contributed by atoms with Gasteiger partial charge in [-0.05, 0) is 37.6 Å². The van der Waals surface area contributed by atoms with Gasteiger partial charge in [0.25, 0.3) is 5.56 Å². The fourth-order valence-corrected chi connectivity index (χ4v) is 3.55. The molecule has 2 aromatic heterocycles. The quantitative estimate of drug-likeness (QED) is 0.501. The van der Waals surface area contributed by atoms with Crippen LogP contribution in [-0.2, 0) is 13.1 Å². The highest BCUT2D eigenvalue weighted by Gasteiger charge is 2.19. The third-order valence-corrected chi connectivity index (χ3v) is 5.01. The van der Waals surface area contributed by atoms with Crippen molar-refractivity contribution in [2.24, 2.45) is 0 Å². The number of para-hydroxylation sites is 1. The van der Waals surface area contributed by atoms with Gasteiger partial charge in [-0.3, -0.25) is 14.3 Å². The Labute approximate surface area is 173 Å². The molecule has 0 aliphatic rings. The Morgan fingerprint density at radius 3 is 2.47 bits per heavy atom. The minimum atomic E-state index is -0.422. The summed E-state index contributed by atoms with van der Waals surface area (Å²) in [6.07, 6.45) is 1.77. The van der Waals surface area contributed by atoms with Gasteiger partial charge in [0.05, 0.1) is 0 Å². The van der Waals surface area contributed by atoms with Crippen molar-refractivity contribution in [2.45, 2.75) is 39.8 Å². The van der Waals surface area contributed by atoms with Crippen LogP contribution < -0.4 is 16.0 Å². The fraction of sp³-hybridized carbons (Fsp3) is 0.261. The Kier molecular flexibility index (Phi) is 5.52. The summed E-state index contributed by atoms with van der Waals surface area (Å²) >= 11 is 0. The summed E-state index contributed by atoms with van der Waals surface area (Å²) < 4.78 is 9.35. The third kappa shape index (κ3) is 3.66. The maximum absolute atomic E-state index is 12.6. The second-order valence-electron chi connectivity index (χ2n) is 7.06. The SMILES string of the molecule is CCCCn1c(=O)[nH]c(=O)c2c1nc(-c1cccc(Oc3ccccc3)c1)n2CC. The first kappa shape index (κ1) is 19.7. The maximum Gasteiger partial charge on any atom is 0.330 e. The van der Waals surface area contributed by atoms with Gasteiger partial charge in [-0.1, -0.05) is 43.7 Å². The van der Waals surface area contributed by atoms with Crippen LogP contribution in [0, 0.1) is 0 Å². The molecular formula is C23H24N4O3. The van der Waals surface area contributed by atoms with Gasteiger partial charge in [-0.2, -0.15) is 0 Å². The molecular weight excluding hydrogens is 380 g/mol. The number of fused-ring (bicyclic) bond motifs is 1. The topological polar surface area (TPSA) is 81.9 Å². The van der Waals surface area contributed by atoms with E-state index in [1.807, 2.05) is 66.1 Å². The van der Waals surface area contributed by atoms with Crippen molar-refractivity contribution in [2.75, 3.05) is 0 Å². The van der Waals surface area contributed by atoms with Gasteiger partial charge in [-0.25, -0.2) is 9.78 Å². The van der Waals surface area contributed by atoms with Gasteiger partial charge in [-0.15, -0.1) is 0 Å². The molecule has 30 heavy (non-hydrogen) atoms. The number of nitrogens with zero attached hydrogens (tertiary/aromatic N) is 3. The minimum absolute atomic E-state index is 0.414. The number of benzene rings is 2. The van der Waals surface area contributed by atoms with E-state index in [9.17, 15) is 9.59 Å². The molecule has 1 N–H and O–H groups in total. The van der Waals surface area contributed by atoms with Gasteiger partial charge >= 0.3 is 5.69 Å². The molecule has 0 fully saturated rings. The smallest absolute Gasteiger partial charge is 0.330 e. The van der Waals surface area contributed by atoms with Crippen molar-refractivity contribution in [3.8, 4) is 22.9 Å². The van der Waals surface area contributed by atoms with Gasteiger partial charge in [0.2, 0.25) is 0 Å². The molecule has 0 radical (unpaired) electrons. The molecule has 2 heterocycles. The number of aryl methyl sites for hydroxylation is 2. The van der Waals surface area contributed by atoms with Gasteiger partial charge in [0.1, 0.15) is 17.3 Å². The van der Waals surface area contributed by atoms with Crippen LogP contribution in [0.2, 0.25) is 0 Å². The van der Waals surface area contributed by atoms with Gasteiger partial charge in [0, 0.05) is 18.7 Å². The molecule has 4 aromatic rings. The number of imidazole rings is 1. The van der Waals surface area contributed by atoms with Crippen molar-refractivity contribution in [3.63, 3.8) is 0 Å². The van der Waals surface area contributed by atoms with Crippen LogP contribution in [0.4, 0.5) is 0 Å². The van der Waals surface area contributed by atoms with E-state index in [4.69, 9.17) is 9.72 Å². The zero-order chi connectivity index (χ0) is 21.1. The molecule has 0 aliphatic heterocycles. The summed E-state index contributed by atoms with van der Waals surface area (Å²) in [6.45, 7) is 5.07. The first-order chi connectivity index (χ1) is 14.6. The van der Waals surface area contributed by atoms with Crippen LogP contribution in [0.15, 0.2) is 64.2 Å². The molecule has 0 amide bonds. The molecule has 0 spiro atoms. The molecule has 0 unspecified atom stereocenters. The first-order valence-electron chi connectivity index (χ1n) is 10.2. The molecule has 7 heteroatoms. The highest BCUT2D eigenvalue weighted by Crippen LogP contribution is 2.28. The number of hydrogen-bond acceptors (Lipinski definition) is 4. The second kappa shape index (κ2) is 8.41. The zero-order valence-electron chi connectivity index (χ0n) is 17.1. The van der Waals surface area contributed by atoms with Crippen LogP contribution in [0.25, 0.3) is 22.6 Å². The Balaban J connectivity index is 1.85. The lowest BCUT2D eigenvalue weighted by Gasteiger charge is -2.09. The number of ether oxygens (including phenoxy) is 1. The Morgan fingerprint density at radius 1 is 0.967 bits per heavy atom. The van der Waals surface area contributed by atoms with Crippen molar-refractivity contribution in [1.29, 1.82) is 0 Å². The highest BCUT2D eigenvalue weighted by molar-refractivity contribution is 5.77. The average Bonchev–Trinajstić information content (AvgIpc) is 3.15. The molecule has 4 rings (SSSR count). The number of rotatable bonds is 7. The summed E-state index contributed by atoms with van der Waals surface area (Å²) in [6, 6.07) is 17.1. The fourth-order valence-electron chi connectivity index (χ4n) is 3.55. The number of aromatic amines is 1. The predicted octanol–water partition coefficient (Wildman–Crippen LogP) is 4.17. The normalized spacial score (nSPS) is 11.1. The Bertz CT molecular complexity index is 1290. The standard InChI is InChI=1S/C23H24N4O3/c1-3-5-14-27-21-19(22(28)25-23(27)29)26(4-2)20(24-21)16-10-9-13-18(15-16)30-17-11-7-6-8-12-17/h6-13,15H,3-5,14H2,1-2H3,(H,25,28,29). The maximum atomic E-state index is 12.6. The number of aromatic nitrogens is 4. The summed E-state index contributed by atoms with van der Waals surface area (Å²) in [5, 5.41) is 0. The Morgan fingerprint density at radius 2 is 1.73 bits per heavy atom. The average molecular weight is 404 g/mol. The summed E-state index contributed by atoms with van der Waals surface area (Å²) in [5.74, 6) is 2.04. The summed E-state index contributed by atoms with van der Waals surface area (Å²) in [5.41, 5.74) is 0.811. The van der Waals surface area contributed by atoms with E-state index >= 15 is 0 Å². The van der Waals surface area contributed by atoms with E-state index in [2.05, 4.69) is 11.9 Å².